The van der Waals surface area contributed by atoms with Gasteiger partial charge in [-0.1, -0.05) is 30.3 Å². The van der Waals surface area contributed by atoms with Gasteiger partial charge in [-0.25, -0.2) is 0 Å². The van der Waals surface area contributed by atoms with Crippen molar-refractivity contribution >= 4 is 17.9 Å². The summed E-state index contributed by atoms with van der Waals surface area (Å²) < 4.78 is 16.0. The van der Waals surface area contributed by atoms with Gasteiger partial charge in [0.15, 0.2) is 5.41 Å². The van der Waals surface area contributed by atoms with Crippen LogP contribution >= 0.6 is 0 Å². The van der Waals surface area contributed by atoms with Crippen LogP contribution in [0.15, 0.2) is 42.2 Å². The third-order valence-electron chi connectivity index (χ3n) is 5.33. The Morgan fingerprint density at radius 1 is 1.11 bits per heavy atom. The number of carbonyl (C=O) groups is 3. The molecule has 1 fully saturated rings. The second-order valence-corrected chi connectivity index (χ2v) is 6.89. The molecule has 6 nitrogen and oxygen atoms in total. The SMILES string of the molecule is CCOC(=O)C1(C(=O)OCC)C[C@H]2C=C(C)OC(=O)[C@H]2[C@@H]1c1ccccc1. The van der Waals surface area contributed by atoms with Crippen LogP contribution in [0.3, 0.4) is 0 Å². The van der Waals surface area contributed by atoms with Crippen molar-refractivity contribution in [1.29, 1.82) is 0 Å². The van der Waals surface area contributed by atoms with Gasteiger partial charge in [0.1, 0.15) is 5.76 Å². The number of hydrogen-bond donors (Lipinski definition) is 0. The number of esters is 3. The molecule has 27 heavy (non-hydrogen) atoms. The van der Waals surface area contributed by atoms with Crippen molar-refractivity contribution in [2.24, 2.45) is 17.3 Å². The van der Waals surface area contributed by atoms with E-state index in [-0.39, 0.29) is 25.6 Å². The van der Waals surface area contributed by atoms with Gasteiger partial charge in [0.2, 0.25) is 0 Å². The molecule has 1 aliphatic carbocycles. The molecular formula is C21H24O6. The molecule has 144 valence electrons. The van der Waals surface area contributed by atoms with E-state index in [0.29, 0.717) is 5.76 Å². The van der Waals surface area contributed by atoms with E-state index in [4.69, 9.17) is 14.2 Å². The fourth-order valence-electron chi connectivity index (χ4n) is 4.39. The van der Waals surface area contributed by atoms with Crippen LogP contribution in [0.1, 0.15) is 38.7 Å². The van der Waals surface area contributed by atoms with Gasteiger partial charge in [-0.2, -0.15) is 0 Å². The molecule has 1 aliphatic heterocycles. The summed E-state index contributed by atoms with van der Waals surface area (Å²) in [5.41, 5.74) is -0.862. The van der Waals surface area contributed by atoms with Gasteiger partial charge in [-0.3, -0.25) is 14.4 Å². The number of ether oxygens (including phenoxy) is 3. The highest BCUT2D eigenvalue weighted by Crippen LogP contribution is 2.59. The van der Waals surface area contributed by atoms with Crippen molar-refractivity contribution in [1.82, 2.24) is 0 Å². The summed E-state index contributed by atoms with van der Waals surface area (Å²) in [6.07, 6.45) is 1.98. The normalized spacial score (nSPS) is 25.8. The molecule has 6 heteroatoms. The molecule has 1 saturated carbocycles. The number of carbonyl (C=O) groups excluding carboxylic acids is 3. The number of allylic oxidation sites excluding steroid dienone is 2. The molecule has 0 radical (unpaired) electrons. The highest BCUT2D eigenvalue weighted by atomic mass is 16.6. The molecule has 0 saturated heterocycles. The van der Waals surface area contributed by atoms with Crippen LogP contribution in [0.5, 0.6) is 0 Å². The maximum atomic E-state index is 13.1. The molecule has 0 bridgehead atoms. The van der Waals surface area contributed by atoms with Crippen molar-refractivity contribution in [2.45, 2.75) is 33.1 Å². The zero-order valence-corrected chi connectivity index (χ0v) is 15.8. The van der Waals surface area contributed by atoms with E-state index >= 15 is 0 Å². The van der Waals surface area contributed by atoms with Crippen LogP contribution in [0.4, 0.5) is 0 Å². The third-order valence-corrected chi connectivity index (χ3v) is 5.33. The average molecular weight is 372 g/mol. The molecule has 0 amide bonds. The Balaban J connectivity index is 2.20. The monoisotopic (exact) mass is 372 g/mol. The van der Waals surface area contributed by atoms with Crippen LogP contribution in [0, 0.1) is 17.3 Å². The number of fused-ring (bicyclic) bond motifs is 1. The maximum absolute atomic E-state index is 13.1. The second kappa shape index (κ2) is 7.55. The van der Waals surface area contributed by atoms with Crippen molar-refractivity contribution in [3.63, 3.8) is 0 Å². The van der Waals surface area contributed by atoms with Crippen LogP contribution in [-0.2, 0) is 28.6 Å². The summed E-state index contributed by atoms with van der Waals surface area (Å²) in [6, 6.07) is 9.12. The zero-order valence-electron chi connectivity index (χ0n) is 15.8. The standard InChI is InChI=1S/C21H24O6/c1-4-25-19(23)21(20(24)26-5-2)12-15-11-13(3)27-18(22)16(15)17(21)14-9-7-6-8-10-14/h6-11,15-17H,4-5,12H2,1-3H3/t15-,16-,17+/m1/s1. The van der Waals surface area contributed by atoms with E-state index in [2.05, 4.69) is 0 Å². The predicted molar refractivity (Wildman–Crippen MR) is 96.3 cm³/mol. The van der Waals surface area contributed by atoms with Gasteiger partial charge >= 0.3 is 17.9 Å². The first kappa shape index (κ1) is 19.1. The largest absolute Gasteiger partial charge is 0.465 e. The summed E-state index contributed by atoms with van der Waals surface area (Å²) >= 11 is 0. The van der Waals surface area contributed by atoms with Gasteiger partial charge < -0.3 is 14.2 Å². The fraction of sp³-hybridized carbons (Fsp3) is 0.476. The molecule has 1 aromatic rings. The molecule has 0 aromatic heterocycles. The van der Waals surface area contributed by atoms with Crippen molar-refractivity contribution in [3.8, 4) is 0 Å². The van der Waals surface area contributed by atoms with E-state index < -0.39 is 35.2 Å². The smallest absolute Gasteiger partial charge is 0.324 e. The second-order valence-electron chi connectivity index (χ2n) is 6.89. The Morgan fingerprint density at radius 2 is 1.70 bits per heavy atom. The van der Waals surface area contributed by atoms with Crippen LogP contribution in [-0.4, -0.2) is 31.1 Å². The van der Waals surface area contributed by atoms with Crippen LogP contribution in [0.25, 0.3) is 0 Å². The maximum Gasteiger partial charge on any atom is 0.324 e. The topological polar surface area (TPSA) is 78.9 Å². The van der Waals surface area contributed by atoms with Crippen LogP contribution in [0.2, 0.25) is 0 Å². The van der Waals surface area contributed by atoms with E-state index in [0.717, 1.165) is 5.56 Å². The van der Waals surface area contributed by atoms with Crippen molar-refractivity contribution in [3.05, 3.63) is 47.7 Å². The highest BCUT2D eigenvalue weighted by molar-refractivity contribution is 6.03. The molecule has 1 aromatic carbocycles. The van der Waals surface area contributed by atoms with Crippen molar-refractivity contribution in [2.75, 3.05) is 13.2 Å². The Kier molecular flexibility index (Phi) is 5.35. The summed E-state index contributed by atoms with van der Waals surface area (Å²) in [5.74, 6) is -2.90. The lowest BCUT2D eigenvalue weighted by Crippen LogP contribution is -2.45. The molecule has 0 unspecified atom stereocenters. The lowest BCUT2D eigenvalue weighted by molar-refractivity contribution is -0.173. The summed E-state index contributed by atoms with van der Waals surface area (Å²) in [7, 11) is 0. The summed E-state index contributed by atoms with van der Waals surface area (Å²) in [4.78, 5) is 39.0. The zero-order chi connectivity index (χ0) is 19.6. The van der Waals surface area contributed by atoms with E-state index in [1.54, 1.807) is 20.8 Å². The Bertz CT molecular complexity index is 748. The van der Waals surface area contributed by atoms with Crippen molar-refractivity contribution < 1.29 is 28.6 Å². The number of hydrogen-bond acceptors (Lipinski definition) is 6. The molecule has 1 heterocycles. The minimum absolute atomic E-state index is 0.135. The minimum Gasteiger partial charge on any atom is -0.465 e. The van der Waals surface area contributed by atoms with E-state index in [1.165, 1.54) is 0 Å². The first-order valence-electron chi connectivity index (χ1n) is 9.25. The molecular weight excluding hydrogens is 348 g/mol. The first-order chi connectivity index (χ1) is 13.0. The third kappa shape index (κ3) is 3.13. The van der Waals surface area contributed by atoms with E-state index in [9.17, 15) is 14.4 Å². The Hall–Kier alpha value is -2.63. The molecule has 0 N–H and O–H groups in total. The lowest BCUT2D eigenvalue weighted by Gasteiger charge is -2.33. The quantitative estimate of drug-likeness (QED) is 0.449. The van der Waals surface area contributed by atoms with Crippen LogP contribution < -0.4 is 0 Å². The van der Waals surface area contributed by atoms with Gasteiger partial charge in [0, 0.05) is 5.92 Å². The Labute approximate surface area is 158 Å². The molecule has 3 rings (SSSR count). The highest BCUT2D eigenvalue weighted by Gasteiger charge is 2.67. The summed E-state index contributed by atoms with van der Waals surface area (Å²) in [5, 5.41) is 0. The molecule has 2 aliphatic rings. The predicted octanol–water partition coefficient (Wildman–Crippen LogP) is 2.98. The van der Waals surface area contributed by atoms with Gasteiger partial charge in [-0.15, -0.1) is 0 Å². The summed E-state index contributed by atoms with van der Waals surface area (Å²) in [6.45, 7) is 5.34. The van der Waals surface area contributed by atoms with E-state index in [1.807, 2.05) is 36.4 Å². The number of benzene rings is 1. The van der Waals surface area contributed by atoms with Gasteiger partial charge in [0.05, 0.1) is 19.1 Å². The average Bonchev–Trinajstić information content (AvgIpc) is 2.99. The lowest BCUT2D eigenvalue weighted by atomic mass is 9.71. The first-order valence-corrected chi connectivity index (χ1v) is 9.25. The van der Waals surface area contributed by atoms with Gasteiger partial charge in [-0.05, 0) is 44.7 Å². The number of rotatable bonds is 5. The number of cyclic esters (lactones) is 1. The van der Waals surface area contributed by atoms with Gasteiger partial charge in [0.25, 0.3) is 0 Å². The minimum atomic E-state index is -1.58. The fourth-order valence-corrected chi connectivity index (χ4v) is 4.39. The molecule has 3 atom stereocenters. The molecule has 0 spiro atoms. The Morgan fingerprint density at radius 3 is 2.26 bits per heavy atom.